The highest BCUT2D eigenvalue weighted by molar-refractivity contribution is 7.90. The minimum Gasteiger partial charge on any atom is -0.376 e. The highest BCUT2D eigenvalue weighted by Crippen LogP contribution is 2.39. The number of sulfone groups is 1. The first-order chi connectivity index (χ1) is 12.9. The van der Waals surface area contributed by atoms with Gasteiger partial charge in [-0.2, -0.15) is 0 Å². The third-order valence-corrected chi connectivity index (χ3v) is 7.15. The average Bonchev–Trinajstić information content (AvgIpc) is 3.30. The van der Waals surface area contributed by atoms with E-state index in [9.17, 15) is 8.42 Å². The van der Waals surface area contributed by atoms with Crippen molar-refractivity contribution in [2.75, 3.05) is 33.1 Å². The predicted molar refractivity (Wildman–Crippen MR) is 103 cm³/mol. The molecule has 6 nitrogen and oxygen atoms in total. The fourth-order valence-electron chi connectivity index (χ4n) is 4.54. The van der Waals surface area contributed by atoms with Crippen LogP contribution in [-0.4, -0.2) is 70.8 Å². The summed E-state index contributed by atoms with van der Waals surface area (Å²) in [5.74, 6) is 0.251. The molecular weight excluding hydrogens is 364 g/mol. The molecule has 4 rings (SSSR count). The maximum absolute atomic E-state index is 11.7. The van der Waals surface area contributed by atoms with Crippen LogP contribution < -0.4 is 5.32 Å². The van der Waals surface area contributed by atoms with Crippen molar-refractivity contribution in [1.82, 2.24) is 10.2 Å². The zero-order chi connectivity index (χ0) is 19.0. The molecule has 1 aromatic carbocycles. The summed E-state index contributed by atoms with van der Waals surface area (Å²) in [6.07, 6.45) is 8.19. The molecule has 0 bridgehead atoms. The van der Waals surface area contributed by atoms with Crippen LogP contribution >= 0.6 is 0 Å². The number of nitrogens with one attached hydrogen (secondary N) is 1. The number of hydrogen-bond acceptors (Lipinski definition) is 6. The van der Waals surface area contributed by atoms with Crippen LogP contribution in [0, 0.1) is 0 Å². The number of nitrogens with zero attached hydrogens (tertiary/aromatic N) is 1. The van der Waals surface area contributed by atoms with Gasteiger partial charge in [-0.05, 0) is 37.6 Å². The summed E-state index contributed by atoms with van der Waals surface area (Å²) in [5, 5.41) is 3.64. The van der Waals surface area contributed by atoms with Crippen molar-refractivity contribution in [1.29, 1.82) is 0 Å². The summed E-state index contributed by atoms with van der Waals surface area (Å²) in [7, 11) is -1.01. The zero-order valence-electron chi connectivity index (χ0n) is 15.9. The van der Waals surface area contributed by atoms with Crippen molar-refractivity contribution < 1.29 is 17.9 Å². The SMILES string of the molecule is CN1C(NCC2C=CCO2)CCC2OCC(c3ccc(S(C)(=O)=O)cc3)C21. The normalized spacial score (nSPS) is 34.1. The summed E-state index contributed by atoms with van der Waals surface area (Å²) < 4.78 is 35.2. The number of piperidine rings is 1. The summed E-state index contributed by atoms with van der Waals surface area (Å²) >= 11 is 0. The summed E-state index contributed by atoms with van der Waals surface area (Å²) in [4.78, 5) is 2.76. The molecule has 1 aromatic rings. The van der Waals surface area contributed by atoms with E-state index in [2.05, 4.69) is 29.4 Å². The van der Waals surface area contributed by atoms with Crippen molar-refractivity contribution in [3.63, 3.8) is 0 Å². The Morgan fingerprint density at radius 2 is 1.96 bits per heavy atom. The molecule has 0 radical (unpaired) electrons. The molecule has 3 aliphatic rings. The van der Waals surface area contributed by atoms with E-state index in [-0.39, 0.29) is 18.1 Å². The molecule has 2 fully saturated rings. The molecule has 7 heteroatoms. The number of hydrogen-bond donors (Lipinski definition) is 1. The second kappa shape index (κ2) is 7.64. The molecule has 3 heterocycles. The van der Waals surface area contributed by atoms with Gasteiger partial charge < -0.3 is 9.47 Å². The number of rotatable bonds is 5. The smallest absolute Gasteiger partial charge is 0.175 e. The number of likely N-dealkylation sites (N-methyl/N-ethyl adjacent to an activating group) is 1. The maximum atomic E-state index is 11.7. The van der Waals surface area contributed by atoms with Gasteiger partial charge in [0.15, 0.2) is 9.84 Å². The van der Waals surface area contributed by atoms with Crippen molar-refractivity contribution >= 4 is 9.84 Å². The van der Waals surface area contributed by atoms with Gasteiger partial charge in [0.2, 0.25) is 0 Å². The molecule has 0 aromatic heterocycles. The molecule has 1 N–H and O–H groups in total. The Bertz CT molecular complexity index is 793. The molecule has 2 saturated heterocycles. The fraction of sp³-hybridized carbons (Fsp3) is 0.600. The van der Waals surface area contributed by atoms with E-state index < -0.39 is 9.84 Å². The molecule has 3 aliphatic heterocycles. The first-order valence-corrected chi connectivity index (χ1v) is 11.5. The molecule has 0 aliphatic carbocycles. The van der Waals surface area contributed by atoms with Gasteiger partial charge in [0.1, 0.15) is 0 Å². The van der Waals surface area contributed by atoms with E-state index in [4.69, 9.17) is 9.47 Å². The Morgan fingerprint density at radius 1 is 1.19 bits per heavy atom. The van der Waals surface area contributed by atoms with Crippen LogP contribution in [-0.2, 0) is 19.3 Å². The third kappa shape index (κ3) is 3.98. The van der Waals surface area contributed by atoms with Crippen LogP contribution in [0.3, 0.4) is 0 Å². The van der Waals surface area contributed by atoms with Gasteiger partial charge in [-0.1, -0.05) is 24.3 Å². The molecule has 5 atom stereocenters. The third-order valence-electron chi connectivity index (χ3n) is 6.02. The highest BCUT2D eigenvalue weighted by atomic mass is 32.2. The Morgan fingerprint density at radius 3 is 2.63 bits per heavy atom. The van der Waals surface area contributed by atoms with Gasteiger partial charge >= 0.3 is 0 Å². The van der Waals surface area contributed by atoms with Gasteiger partial charge in [-0.15, -0.1) is 0 Å². The van der Waals surface area contributed by atoms with Gasteiger partial charge in [0.25, 0.3) is 0 Å². The van der Waals surface area contributed by atoms with Gasteiger partial charge in [0, 0.05) is 24.8 Å². The summed E-state index contributed by atoms with van der Waals surface area (Å²) in [6, 6.07) is 7.59. The first kappa shape index (κ1) is 19.1. The van der Waals surface area contributed by atoms with E-state index in [0.29, 0.717) is 30.3 Å². The molecule has 0 spiro atoms. The average molecular weight is 393 g/mol. The Kier molecular flexibility index (Phi) is 5.40. The summed E-state index contributed by atoms with van der Waals surface area (Å²) in [5.41, 5.74) is 1.14. The molecule has 0 saturated carbocycles. The van der Waals surface area contributed by atoms with Gasteiger partial charge in [-0.3, -0.25) is 10.2 Å². The molecule has 27 heavy (non-hydrogen) atoms. The molecular formula is C20H28N2O4S. The van der Waals surface area contributed by atoms with Gasteiger partial charge in [-0.25, -0.2) is 8.42 Å². The Hall–Kier alpha value is -1.25. The topological polar surface area (TPSA) is 67.9 Å². The van der Waals surface area contributed by atoms with Crippen LogP contribution in [0.5, 0.6) is 0 Å². The predicted octanol–water partition coefficient (Wildman–Crippen LogP) is 1.54. The highest BCUT2D eigenvalue weighted by Gasteiger charge is 2.45. The van der Waals surface area contributed by atoms with Crippen LogP contribution in [0.2, 0.25) is 0 Å². The lowest BCUT2D eigenvalue weighted by Gasteiger charge is -2.43. The largest absolute Gasteiger partial charge is 0.376 e. The second-order valence-corrected chi connectivity index (χ2v) is 9.79. The van der Waals surface area contributed by atoms with E-state index in [0.717, 1.165) is 24.9 Å². The molecule has 148 valence electrons. The molecule has 5 unspecified atom stereocenters. The van der Waals surface area contributed by atoms with Crippen LogP contribution in [0.15, 0.2) is 41.3 Å². The fourth-order valence-corrected chi connectivity index (χ4v) is 5.17. The number of benzene rings is 1. The van der Waals surface area contributed by atoms with Crippen LogP contribution in [0.25, 0.3) is 0 Å². The van der Waals surface area contributed by atoms with E-state index in [1.54, 1.807) is 12.1 Å². The number of ether oxygens (including phenoxy) is 2. The number of likely N-dealkylation sites (tertiary alicyclic amines) is 1. The minimum atomic E-state index is -3.17. The van der Waals surface area contributed by atoms with Crippen molar-refractivity contribution in [2.24, 2.45) is 0 Å². The van der Waals surface area contributed by atoms with E-state index >= 15 is 0 Å². The summed E-state index contributed by atoms with van der Waals surface area (Å²) in [6.45, 7) is 2.20. The quantitative estimate of drug-likeness (QED) is 0.767. The lowest BCUT2D eigenvalue weighted by atomic mass is 9.85. The lowest BCUT2D eigenvalue weighted by Crippen LogP contribution is -2.57. The van der Waals surface area contributed by atoms with E-state index in [1.807, 2.05) is 12.1 Å². The Balaban J connectivity index is 1.46. The first-order valence-electron chi connectivity index (χ1n) is 9.58. The van der Waals surface area contributed by atoms with Crippen molar-refractivity contribution in [2.45, 2.75) is 48.1 Å². The van der Waals surface area contributed by atoms with Crippen molar-refractivity contribution in [3.05, 3.63) is 42.0 Å². The monoisotopic (exact) mass is 392 g/mol. The van der Waals surface area contributed by atoms with Crippen molar-refractivity contribution in [3.8, 4) is 0 Å². The van der Waals surface area contributed by atoms with Crippen LogP contribution in [0.1, 0.15) is 24.3 Å². The maximum Gasteiger partial charge on any atom is 0.175 e. The number of fused-ring (bicyclic) bond motifs is 1. The second-order valence-electron chi connectivity index (χ2n) is 7.78. The zero-order valence-corrected chi connectivity index (χ0v) is 16.7. The van der Waals surface area contributed by atoms with Crippen LogP contribution in [0.4, 0.5) is 0 Å². The standard InChI is InChI=1S/C20H28N2O4S/c1-22-19(21-12-15-4-3-11-25-15)10-9-18-20(22)17(13-26-18)14-5-7-16(8-6-14)27(2,23)24/h3-8,15,17-21H,9-13H2,1-2H3. The lowest BCUT2D eigenvalue weighted by molar-refractivity contribution is -0.00316. The van der Waals surface area contributed by atoms with Gasteiger partial charge in [0.05, 0.1) is 36.5 Å². The molecule has 0 amide bonds. The van der Waals surface area contributed by atoms with E-state index in [1.165, 1.54) is 6.26 Å². The Labute approximate surface area is 161 Å². The minimum absolute atomic E-state index is 0.162.